The Morgan fingerprint density at radius 2 is 2.00 bits per heavy atom. The van der Waals surface area contributed by atoms with Crippen molar-refractivity contribution in [2.24, 2.45) is 0 Å². The summed E-state index contributed by atoms with van der Waals surface area (Å²) in [6, 6.07) is 7.87. The molecular formula is C12H12ClNOS. The maximum atomic E-state index is 5.94. The molecule has 1 aromatic heterocycles. The van der Waals surface area contributed by atoms with Crippen molar-refractivity contribution in [3.8, 4) is 17.0 Å². The molecule has 0 radical (unpaired) electrons. The Morgan fingerprint density at radius 1 is 1.31 bits per heavy atom. The average Bonchev–Trinajstić information content (AvgIpc) is 2.70. The van der Waals surface area contributed by atoms with Crippen LogP contribution in [-0.4, -0.2) is 12.1 Å². The molecule has 0 spiro atoms. The van der Waals surface area contributed by atoms with Gasteiger partial charge < -0.3 is 4.74 Å². The van der Waals surface area contributed by atoms with Crippen LogP contribution in [0.25, 0.3) is 11.3 Å². The van der Waals surface area contributed by atoms with Gasteiger partial charge in [0.15, 0.2) is 4.47 Å². The van der Waals surface area contributed by atoms with E-state index in [1.165, 1.54) is 4.88 Å². The Balaban J connectivity index is 2.41. The number of methoxy groups -OCH3 is 1. The summed E-state index contributed by atoms with van der Waals surface area (Å²) in [6.45, 7) is 2.11. The molecule has 0 atom stereocenters. The number of hydrogen-bond donors (Lipinski definition) is 0. The molecule has 0 unspecified atom stereocenters. The van der Waals surface area contributed by atoms with E-state index in [0.717, 1.165) is 23.4 Å². The fourth-order valence-corrected chi connectivity index (χ4v) is 2.65. The van der Waals surface area contributed by atoms with Crippen LogP contribution in [0.1, 0.15) is 11.8 Å². The van der Waals surface area contributed by atoms with Crippen LogP contribution in [0.15, 0.2) is 24.3 Å². The highest BCUT2D eigenvalue weighted by atomic mass is 35.5. The largest absolute Gasteiger partial charge is 0.497 e. The maximum Gasteiger partial charge on any atom is 0.184 e. The van der Waals surface area contributed by atoms with Gasteiger partial charge in [-0.1, -0.05) is 18.5 Å². The molecule has 0 bridgehead atoms. The molecule has 4 heteroatoms. The van der Waals surface area contributed by atoms with Gasteiger partial charge in [0.2, 0.25) is 0 Å². The van der Waals surface area contributed by atoms with E-state index in [1.807, 2.05) is 24.3 Å². The van der Waals surface area contributed by atoms with E-state index in [-0.39, 0.29) is 0 Å². The predicted molar refractivity (Wildman–Crippen MR) is 68.5 cm³/mol. The molecule has 84 valence electrons. The molecule has 0 fully saturated rings. The molecule has 16 heavy (non-hydrogen) atoms. The number of aryl methyl sites for hydroxylation is 1. The maximum absolute atomic E-state index is 5.94. The number of aromatic nitrogens is 1. The summed E-state index contributed by atoms with van der Waals surface area (Å²) >= 11 is 7.48. The minimum atomic E-state index is 0.600. The van der Waals surface area contributed by atoms with Gasteiger partial charge in [-0.25, -0.2) is 4.98 Å². The minimum absolute atomic E-state index is 0.600. The molecule has 0 amide bonds. The zero-order valence-electron chi connectivity index (χ0n) is 9.16. The summed E-state index contributed by atoms with van der Waals surface area (Å²) in [5.74, 6) is 0.850. The zero-order valence-corrected chi connectivity index (χ0v) is 10.7. The monoisotopic (exact) mass is 253 g/mol. The van der Waals surface area contributed by atoms with Gasteiger partial charge in [-0.15, -0.1) is 11.3 Å². The van der Waals surface area contributed by atoms with Crippen molar-refractivity contribution in [1.29, 1.82) is 0 Å². The van der Waals surface area contributed by atoms with Gasteiger partial charge in [0.1, 0.15) is 5.75 Å². The molecule has 0 saturated carbocycles. The number of rotatable bonds is 3. The highest BCUT2D eigenvalue weighted by Crippen LogP contribution is 2.31. The first-order valence-electron chi connectivity index (χ1n) is 5.04. The van der Waals surface area contributed by atoms with E-state index in [1.54, 1.807) is 18.4 Å². The van der Waals surface area contributed by atoms with Crippen molar-refractivity contribution in [3.63, 3.8) is 0 Å². The summed E-state index contributed by atoms with van der Waals surface area (Å²) < 4.78 is 5.72. The lowest BCUT2D eigenvalue weighted by atomic mass is 10.1. The Hall–Kier alpha value is -1.06. The molecule has 2 aromatic rings. The van der Waals surface area contributed by atoms with E-state index in [2.05, 4.69) is 11.9 Å². The van der Waals surface area contributed by atoms with Crippen molar-refractivity contribution in [3.05, 3.63) is 33.6 Å². The lowest BCUT2D eigenvalue weighted by molar-refractivity contribution is 0.415. The average molecular weight is 254 g/mol. The summed E-state index contributed by atoms with van der Waals surface area (Å²) in [7, 11) is 1.66. The third kappa shape index (κ3) is 2.20. The van der Waals surface area contributed by atoms with Crippen LogP contribution in [0, 0.1) is 0 Å². The lowest BCUT2D eigenvalue weighted by Crippen LogP contribution is -1.85. The van der Waals surface area contributed by atoms with Crippen molar-refractivity contribution in [2.75, 3.05) is 7.11 Å². The first kappa shape index (κ1) is 11.4. The van der Waals surface area contributed by atoms with E-state index < -0.39 is 0 Å². The number of benzene rings is 1. The van der Waals surface area contributed by atoms with Crippen LogP contribution in [0.5, 0.6) is 5.75 Å². The van der Waals surface area contributed by atoms with Gasteiger partial charge in [-0.2, -0.15) is 0 Å². The number of ether oxygens (including phenoxy) is 1. The second-order valence-electron chi connectivity index (χ2n) is 3.32. The SMILES string of the molecule is CCc1sc(Cl)nc1-c1ccc(OC)cc1. The van der Waals surface area contributed by atoms with Crippen LogP contribution >= 0.6 is 22.9 Å². The van der Waals surface area contributed by atoms with Gasteiger partial charge in [0.05, 0.1) is 12.8 Å². The third-order valence-electron chi connectivity index (χ3n) is 2.36. The number of halogens is 1. The summed E-state index contributed by atoms with van der Waals surface area (Å²) in [4.78, 5) is 5.57. The van der Waals surface area contributed by atoms with Crippen molar-refractivity contribution < 1.29 is 4.74 Å². The predicted octanol–water partition coefficient (Wildman–Crippen LogP) is 4.03. The first-order chi connectivity index (χ1) is 7.74. The molecule has 0 aliphatic carbocycles. The summed E-state index contributed by atoms with van der Waals surface area (Å²) in [6.07, 6.45) is 0.950. The van der Waals surface area contributed by atoms with Gasteiger partial charge in [0, 0.05) is 10.4 Å². The Labute approximate surface area is 104 Å². The van der Waals surface area contributed by atoms with Crippen LogP contribution < -0.4 is 4.74 Å². The molecule has 0 saturated heterocycles. The fourth-order valence-electron chi connectivity index (χ4n) is 1.54. The molecule has 0 N–H and O–H groups in total. The second kappa shape index (κ2) is 4.85. The van der Waals surface area contributed by atoms with E-state index in [4.69, 9.17) is 16.3 Å². The second-order valence-corrected chi connectivity index (χ2v) is 4.99. The number of thiazole rings is 1. The molecule has 1 heterocycles. The van der Waals surface area contributed by atoms with E-state index in [0.29, 0.717) is 4.47 Å². The normalized spacial score (nSPS) is 10.4. The highest BCUT2D eigenvalue weighted by molar-refractivity contribution is 7.16. The highest BCUT2D eigenvalue weighted by Gasteiger charge is 2.10. The van der Waals surface area contributed by atoms with Crippen LogP contribution in [-0.2, 0) is 6.42 Å². The lowest BCUT2D eigenvalue weighted by Gasteiger charge is -2.02. The zero-order chi connectivity index (χ0) is 11.5. The van der Waals surface area contributed by atoms with Crippen LogP contribution in [0.4, 0.5) is 0 Å². The van der Waals surface area contributed by atoms with Crippen LogP contribution in [0.3, 0.4) is 0 Å². The molecule has 0 aliphatic heterocycles. The standard InChI is InChI=1S/C12H12ClNOS/c1-3-10-11(14-12(13)16-10)8-4-6-9(15-2)7-5-8/h4-7H,3H2,1-2H3. The smallest absolute Gasteiger partial charge is 0.184 e. The molecule has 2 nitrogen and oxygen atoms in total. The molecule has 1 aromatic carbocycles. The molecule has 2 rings (SSSR count). The number of nitrogens with zero attached hydrogens (tertiary/aromatic N) is 1. The third-order valence-corrected chi connectivity index (χ3v) is 3.66. The van der Waals surface area contributed by atoms with Crippen molar-refractivity contribution in [2.45, 2.75) is 13.3 Å². The van der Waals surface area contributed by atoms with Gasteiger partial charge in [-0.05, 0) is 30.7 Å². The van der Waals surface area contributed by atoms with E-state index >= 15 is 0 Å². The Morgan fingerprint density at radius 3 is 2.56 bits per heavy atom. The Bertz CT molecular complexity index is 478. The number of hydrogen-bond acceptors (Lipinski definition) is 3. The van der Waals surface area contributed by atoms with Gasteiger partial charge in [-0.3, -0.25) is 0 Å². The fraction of sp³-hybridized carbons (Fsp3) is 0.250. The van der Waals surface area contributed by atoms with Crippen molar-refractivity contribution in [1.82, 2.24) is 4.98 Å². The molecular weight excluding hydrogens is 242 g/mol. The quantitative estimate of drug-likeness (QED) is 0.824. The Kier molecular flexibility index (Phi) is 3.46. The minimum Gasteiger partial charge on any atom is -0.497 e. The van der Waals surface area contributed by atoms with Gasteiger partial charge in [0.25, 0.3) is 0 Å². The summed E-state index contributed by atoms with van der Waals surface area (Å²) in [5, 5.41) is 0. The van der Waals surface area contributed by atoms with Crippen molar-refractivity contribution >= 4 is 22.9 Å². The summed E-state index contributed by atoms with van der Waals surface area (Å²) in [5.41, 5.74) is 2.07. The first-order valence-corrected chi connectivity index (χ1v) is 6.23. The van der Waals surface area contributed by atoms with E-state index in [9.17, 15) is 0 Å². The molecule has 0 aliphatic rings. The topological polar surface area (TPSA) is 22.1 Å². The van der Waals surface area contributed by atoms with Crippen LogP contribution in [0.2, 0.25) is 4.47 Å². The van der Waals surface area contributed by atoms with Gasteiger partial charge >= 0.3 is 0 Å².